The minimum atomic E-state index is -0.747. The Morgan fingerprint density at radius 3 is 2.19 bits per heavy atom. The molecule has 2 fully saturated rings. The molecule has 3 nitrogen and oxygen atoms in total. The van der Waals surface area contributed by atoms with Gasteiger partial charge in [-0.2, -0.15) is 5.26 Å². The minimum Gasteiger partial charge on any atom is -0.388 e. The number of nitriles is 1. The van der Waals surface area contributed by atoms with Crippen LogP contribution in [0.4, 0.5) is 0 Å². The summed E-state index contributed by atoms with van der Waals surface area (Å²) >= 11 is 0. The molecule has 1 aliphatic heterocycles. The monoisotopic (exact) mass is 292 g/mol. The summed E-state index contributed by atoms with van der Waals surface area (Å²) in [7, 11) is 0. The zero-order valence-electron chi connectivity index (χ0n) is 13.9. The smallest absolute Gasteiger partial charge is 0.0861 e. The fourth-order valence-corrected chi connectivity index (χ4v) is 4.49. The molecule has 0 bridgehead atoms. The molecule has 1 saturated carbocycles. The van der Waals surface area contributed by atoms with E-state index in [1.165, 1.54) is 19.3 Å². The molecule has 21 heavy (non-hydrogen) atoms. The number of piperidine rings is 1. The quantitative estimate of drug-likeness (QED) is 0.840. The standard InChI is InChI=1S/C18H32N2O/c1-3-5-16-6-8-17(15-19,9-7-16)18(21)10-13-20(12-4-2)14-11-18/h16,21H,3-14H2,1-2H3. The van der Waals surface area contributed by atoms with Gasteiger partial charge in [0.1, 0.15) is 0 Å². The van der Waals surface area contributed by atoms with E-state index >= 15 is 0 Å². The van der Waals surface area contributed by atoms with Crippen LogP contribution in [0.15, 0.2) is 0 Å². The van der Waals surface area contributed by atoms with Gasteiger partial charge in [-0.3, -0.25) is 0 Å². The molecule has 0 spiro atoms. The summed E-state index contributed by atoms with van der Waals surface area (Å²) in [5.74, 6) is 0.778. The fourth-order valence-electron chi connectivity index (χ4n) is 4.49. The predicted molar refractivity (Wildman–Crippen MR) is 85.8 cm³/mol. The molecular weight excluding hydrogens is 260 g/mol. The Balaban J connectivity index is 2.00. The van der Waals surface area contributed by atoms with Gasteiger partial charge in [0, 0.05) is 13.1 Å². The number of nitrogens with zero attached hydrogens (tertiary/aromatic N) is 2. The Labute approximate surface area is 130 Å². The van der Waals surface area contributed by atoms with Gasteiger partial charge in [0.25, 0.3) is 0 Å². The van der Waals surface area contributed by atoms with Crippen molar-refractivity contribution in [2.45, 2.75) is 77.2 Å². The molecule has 1 aliphatic carbocycles. The van der Waals surface area contributed by atoms with E-state index in [1.54, 1.807) is 0 Å². The molecular formula is C18H32N2O. The lowest BCUT2D eigenvalue weighted by Gasteiger charge is -2.50. The first-order valence-electron chi connectivity index (χ1n) is 8.95. The van der Waals surface area contributed by atoms with Crippen molar-refractivity contribution < 1.29 is 5.11 Å². The van der Waals surface area contributed by atoms with Gasteiger partial charge in [0.05, 0.1) is 17.1 Å². The van der Waals surface area contributed by atoms with E-state index in [9.17, 15) is 10.4 Å². The van der Waals surface area contributed by atoms with Crippen LogP contribution in [-0.4, -0.2) is 35.2 Å². The highest BCUT2D eigenvalue weighted by Crippen LogP contribution is 2.50. The molecule has 0 radical (unpaired) electrons. The molecule has 0 unspecified atom stereocenters. The Morgan fingerprint density at radius 1 is 1.10 bits per heavy atom. The van der Waals surface area contributed by atoms with Crippen molar-refractivity contribution in [2.75, 3.05) is 19.6 Å². The molecule has 0 atom stereocenters. The maximum absolute atomic E-state index is 11.2. The third-order valence-electron chi connectivity index (χ3n) is 5.98. The fraction of sp³-hybridized carbons (Fsp3) is 0.944. The van der Waals surface area contributed by atoms with E-state index in [0.717, 1.165) is 64.1 Å². The second-order valence-corrected chi connectivity index (χ2v) is 7.30. The Kier molecular flexibility index (Phi) is 5.68. The van der Waals surface area contributed by atoms with Crippen LogP contribution in [0.5, 0.6) is 0 Å². The molecule has 0 amide bonds. The lowest BCUT2D eigenvalue weighted by molar-refractivity contribution is -0.114. The lowest BCUT2D eigenvalue weighted by atomic mass is 9.59. The van der Waals surface area contributed by atoms with Crippen molar-refractivity contribution in [3.8, 4) is 6.07 Å². The van der Waals surface area contributed by atoms with E-state index in [0.29, 0.717) is 0 Å². The van der Waals surface area contributed by atoms with Crippen LogP contribution in [0.25, 0.3) is 0 Å². The lowest BCUT2D eigenvalue weighted by Crippen LogP contribution is -2.55. The van der Waals surface area contributed by atoms with Gasteiger partial charge in [-0.1, -0.05) is 26.7 Å². The van der Waals surface area contributed by atoms with Gasteiger partial charge in [-0.25, -0.2) is 0 Å². The number of rotatable bonds is 5. The van der Waals surface area contributed by atoms with Crippen LogP contribution in [0.3, 0.4) is 0 Å². The van der Waals surface area contributed by atoms with Gasteiger partial charge in [-0.15, -0.1) is 0 Å². The molecule has 0 aromatic carbocycles. The van der Waals surface area contributed by atoms with E-state index in [2.05, 4.69) is 24.8 Å². The van der Waals surface area contributed by atoms with Crippen LogP contribution in [0.1, 0.15) is 71.6 Å². The third kappa shape index (κ3) is 3.43. The molecule has 1 saturated heterocycles. The van der Waals surface area contributed by atoms with Crippen molar-refractivity contribution in [1.29, 1.82) is 5.26 Å². The maximum atomic E-state index is 11.2. The molecule has 0 aromatic rings. The van der Waals surface area contributed by atoms with Crippen molar-refractivity contribution in [3.05, 3.63) is 0 Å². The Morgan fingerprint density at radius 2 is 1.71 bits per heavy atom. The molecule has 1 N–H and O–H groups in total. The summed E-state index contributed by atoms with van der Waals surface area (Å²) in [5, 5.41) is 21.0. The van der Waals surface area contributed by atoms with Crippen LogP contribution in [0.2, 0.25) is 0 Å². The second-order valence-electron chi connectivity index (χ2n) is 7.30. The SMILES string of the molecule is CCCC1CCC(C#N)(C2(O)CCN(CCC)CC2)CC1. The highest BCUT2D eigenvalue weighted by atomic mass is 16.3. The molecule has 0 aromatic heterocycles. The summed E-state index contributed by atoms with van der Waals surface area (Å²) in [6.07, 6.45) is 9.30. The summed E-state index contributed by atoms with van der Waals surface area (Å²) in [5.41, 5.74) is -1.22. The van der Waals surface area contributed by atoms with Crippen molar-refractivity contribution in [3.63, 3.8) is 0 Å². The van der Waals surface area contributed by atoms with Crippen LogP contribution in [0, 0.1) is 22.7 Å². The minimum absolute atomic E-state index is 0.477. The average molecular weight is 292 g/mol. The topological polar surface area (TPSA) is 47.3 Å². The average Bonchev–Trinajstić information content (AvgIpc) is 2.51. The summed E-state index contributed by atoms with van der Waals surface area (Å²) < 4.78 is 0. The van der Waals surface area contributed by atoms with Crippen molar-refractivity contribution in [2.24, 2.45) is 11.3 Å². The normalized spacial score (nSPS) is 33.5. The maximum Gasteiger partial charge on any atom is 0.0861 e. The second kappa shape index (κ2) is 7.11. The third-order valence-corrected chi connectivity index (χ3v) is 5.98. The summed E-state index contributed by atoms with van der Waals surface area (Å²) in [6.45, 7) is 7.46. The van der Waals surface area contributed by atoms with Crippen LogP contribution in [-0.2, 0) is 0 Å². The summed E-state index contributed by atoms with van der Waals surface area (Å²) in [4.78, 5) is 2.43. The zero-order chi connectivity index (χ0) is 15.3. The zero-order valence-corrected chi connectivity index (χ0v) is 13.9. The van der Waals surface area contributed by atoms with Crippen LogP contribution < -0.4 is 0 Å². The molecule has 120 valence electrons. The molecule has 3 heteroatoms. The largest absolute Gasteiger partial charge is 0.388 e. The predicted octanol–water partition coefficient (Wildman–Crippen LogP) is 3.72. The Bertz CT molecular complexity index is 358. The Hall–Kier alpha value is -0.590. The van der Waals surface area contributed by atoms with E-state index < -0.39 is 11.0 Å². The first-order chi connectivity index (χ1) is 10.1. The van der Waals surface area contributed by atoms with Gasteiger partial charge >= 0.3 is 0 Å². The number of likely N-dealkylation sites (tertiary alicyclic amines) is 1. The van der Waals surface area contributed by atoms with E-state index in [1.807, 2.05) is 0 Å². The molecule has 1 heterocycles. The van der Waals surface area contributed by atoms with Gasteiger partial charge < -0.3 is 10.0 Å². The van der Waals surface area contributed by atoms with Crippen LogP contribution >= 0.6 is 0 Å². The highest BCUT2D eigenvalue weighted by molar-refractivity contribution is 5.14. The van der Waals surface area contributed by atoms with Crippen molar-refractivity contribution >= 4 is 0 Å². The van der Waals surface area contributed by atoms with Gasteiger partial charge in [-0.05, 0) is 57.4 Å². The van der Waals surface area contributed by atoms with Crippen molar-refractivity contribution in [1.82, 2.24) is 4.90 Å². The first kappa shape index (κ1) is 16.8. The molecule has 2 aliphatic rings. The number of hydrogen-bond donors (Lipinski definition) is 1. The van der Waals surface area contributed by atoms with Gasteiger partial charge in [0.2, 0.25) is 0 Å². The summed E-state index contributed by atoms with van der Waals surface area (Å²) in [6, 6.07) is 2.57. The highest BCUT2D eigenvalue weighted by Gasteiger charge is 2.52. The number of hydrogen-bond acceptors (Lipinski definition) is 3. The number of aliphatic hydroxyl groups is 1. The first-order valence-corrected chi connectivity index (χ1v) is 8.95. The van der Waals surface area contributed by atoms with Gasteiger partial charge in [0.15, 0.2) is 0 Å². The van der Waals surface area contributed by atoms with E-state index in [4.69, 9.17) is 0 Å². The van der Waals surface area contributed by atoms with E-state index in [-0.39, 0.29) is 0 Å². The molecule has 2 rings (SSSR count).